The Morgan fingerprint density at radius 1 is 1.14 bits per heavy atom. The molecule has 0 saturated carbocycles. The first-order valence-electron chi connectivity index (χ1n) is 5.96. The van der Waals surface area contributed by atoms with Gasteiger partial charge in [0.2, 0.25) is 0 Å². The predicted molar refractivity (Wildman–Crippen MR) is 87.2 cm³/mol. The Kier molecular flexibility index (Phi) is 4.74. The summed E-state index contributed by atoms with van der Waals surface area (Å²) in [6.45, 7) is 0. The van der Waals surface area contributed by atoms with Gasteiger partial charge < -0.3 is 4.40 Å². The van der Waals surface area contributed by atoms with Gasteiger partial charge in [0, 0.05) is 11.8 Å². The van der Waals surface area contributed by atoms with Gasteiger partial charge in [-0.2, -0.15) is 5.26 Å². The monoisotopic (exact) mass is 337 g/mol. The smallest absolute Gasteiger partial charge is 0.137 e. The molecule has 0 aliphatic carbocycles. The summed E-state index contributed by atoms with van der Waals surface area (Å²) in [7, 11) is 0. The van der Waals surface area contributed by atoms with E-state index in [1.165, 1.54) is 0 Å². The average molecular weight is 339 g/mol. The van der Waals surface area contributed by atoms with Crippen molar-refractivity contribution in [3.8, 4) is 17.3 Å². The van der Waals surface area contributed by atoms with E-state index in [1.54, 1.807) is 24.4 Å². The number of rotatable bonds is 2. The second-order valence-corrected chi connectivity index (χ2v) is 5.01. The van der Waals surface area contributed by atoms with Crippen LogP contribution >= 0.6 is 35.6 Å². The lowest BCUT2D eigenvalue weighted by molar-refractivity contribution is 1.09. The SMILES string of the molecule is Cl.N#Cc1ccc(-c2nc3ccc(Cl)cn3c2CCl)cc1. The number of nitriles is 1. The number of benzene rings is 1. The summed E-state index contributed by atoms with van der Waals surface area (Å²) in [4.78, 5) is 4.59. The van der Waals surface area contributed by atoms with Crippen LogP contribution in [-0.2, 0) is 5.88 Å². The van der Waals surface area contributed by atoms with E-state index >= 15 is 0 Å². The van der Waals surface area contributed by atoms with Gasteiger partial charge in [0.15, 0.2) is 0 Å². The summed E-state index contributed by atoms with van der Waals surface area (Å²) in [5.41, 5.74) is 4.04. The Labute approximate surface area is 138 Å². The molecule has 3 aromatic rings. The molecule has 0 amide bonds. The second-order valence-electron chi connectivity index (χ2n) is 4.31. The molecule has 6 heteroatoms. The largest absolute Gasteiger partial charge is 0.301 e. The van der Waals surface area contributed by atoms with Crippen LogP contribution < -0.4 is 0 Å². The molecule has 0 unspecified atom stereocenters. The molecule has 0 aliphatic rings. The fourth-order valence-corrected chi connectivity index (χ4v) is 2.54. The molecular weight excluding hydrogens is 329 g/mol. The van der Waals surface area contributed by atoms with Crippen LogP contribution in [-0.4, -0.2) is 9.38 Å². The minimum absolute atomic E-state index is 0. The van der Waals surface area contributed by atoms with Crippen molar-refractivity contribution in [2.24, 2.45) is 0 Å². The fourth-order valence-electron chi connectivity index (χ4n) is 2.13. The summed E-state index contributed by atoms with van der Waals surface area (Å²) < 4.78 is 1.89. The Morgan fingerprint density at radius 3 is 2.48 bits per heavy atom. The number of halogens is 3. The van der Waals surface area contributed by atoms with E-state index in [2.05, 4.69) is 11.1 Å². The number of fused-ring (bicyclic) bond motifs is 1. The van der Waals surface area contributed by atoms with Crippen molar-refractivity contribution in [1.29, 1.82) is 5.26 Å². The summed E-state index contributed by atoms with van der Waals surface area (Å²) in [5, 5.41) is 9.47. The molecule has 0 atom stereocenters. The first kappa shape index (κ1) is 15.7. The molecule has 0 spiro atoms. The van der Waals surface area contributed by atoms with Gasteiger partial charge in [-0.3, -0.25) is 0 Å². The van der Waals surface area contributed by atoms with Gasteiger partial charge >= 0.3 is 0 Å². The molecule has 21 heavy (non-hydrogen) atoms. The van der Waals surface area contributed by atoms with E-state index in [-0.39, 0.29) is 12.4 Å². The first-order valence-corrected chi connectivity index (χ1v) is 6.87. The highest BCUT2D eigenvalue weighted by Crippen LogP contribution is 2.27. The second kappa shape index (κ2) is 6.36. The lowest BCUT2D eigenvalue weighted by atomic mass is 10.1. The predicted octanol–water partition coefficient (Wildman–Crippen LogP) is 4.69. The number of nitrogens with zero attached hydrogens (tertiary/aromatic N) is 3. The standard InChI is InChI=1S/C15H9Cl2N3.ClH/c16-7-13-15(11-3-1-10(8-18)2-4-11)19-14-6-5-12(17)9-20(13)14;/h1-6,9H,7H2;1H. The number of hydrogen-bond acceptors (Lipinski definition) is 2. The van der Waals surface area contributed by atoms with Gasteiger partial charge in [0.05, 0.1) is 33.9 Å². The summed E-state index contributed by atoms with van der Waals surface area (Å²) >= 11 is 12.1. The van der Waals surface area contributed by atoms with Crippen LogP contribution in [0.15, 0.2) is 42.6 Å². The van der Waals surface area contributed by atoms with Crippen LogP contribution in [0.25, 0.3) is 16.9 Å². The molecule has 0 radical (unpaired) electrons. The van der Waals surface area contributed by atoms with Crippen molar-refractivity contribution in [3.05, 3.63) is 58.9 Å². The van der Waals surface area contributed by atoms with Crippen molar-refractivity contribution in [3.63, 3.8) is 0 Å². The third-order valence-corrected chi connectivity index (χ3v) is 3.57. The topological polar surface area (TPSA) is 41.1 Å². The summed E-state index contributed by atoms with van der Waals surface area (Å²) in [6, 6.07) is 13.0. The third kappa shape index (κ3) is 2.84. The highest BCUT2D eigenvalue weighted by Gasteiger charge is 2.13. The third-order valence-electron chi connectivity index (χ3n) is 3.10. The lowest BCUT2D eigenvalue weighted by Crippen LogP contribution is -1.91. The van der Waals surface area contributed by atoms with Crippen LogP contribution in [0, 0.1) is 11.3 Å². The van der Waals surface area contributed by atoms with E-state index in [1.807, 2.05) is 22.6 Å². The van der Waals surface area contributed by atoms with Crippen LogP contribution in [0.4, 0.5) is 0 Å². The van der Waals surface area contributed by atoms with Gasteiger partial charge in [0.1, 0.15) is 5.65 Å². The zero-order valence-corrected chi connectivity index (χ0v) is 13.1. The molecule has 2 heterocycles. The summed E-state index contributed by atoms with van der Waals surface area (Å²) in [6.07, 6.45) is 1.80. The molecule has 0 aliphatic heterocycles. The minimum atomic E-state index is 0. The van der Waals surface area contributed by atoms with Crippen molar-refractivity contribution >= 4 is 41.3 Å². The van der Waals surface area contributed by atoms with Gasteiger partial charge in [-0.25, -0.2) is 4.98 Å². The molecule has 0 bridgehead atoms. The van der Waals surface area contributed by atoms with E-state index in [9.17, 15) is 0 Å². The highest BCUT2D eigenvalue weighted by atomic mass is 35.5. The van der Waals surface area contributed by atoms with Crippen molar-refractivity contribution in [1.82, 2.24) is 9.38 Å². The number of hydrogen-bond donors (Lipinski definition) is 0. The maximum absolute atomic E-state index is 8.84. The van der Waals surface area contributed by atoms with Crippen LogP contribution in [0.3, 0.4) is 0 Å². The number of aromatic nitrogens is 2. The Hall–Kier alpha value is -1.73. The van der Waals surface area contributed by atoms with Gasteiger partial charge in [0.25, 0.3) is 0 Å². The van der Waals surface area contributed by atoms with E-state index < -0.39 is 0 Å². The van der Waals surface area contributed by atoms with Crippen LogP contribution in [0.1, 0.15) is 11.3 Å². The van der Waals surface area contributed by atoms with Crippen molar-refractivity contribution in [2.45, 2.75) is 5.88 Å². The fraction of sp³-hybridized carbons (Fsp3) is 0.0667. The molecule has 3 rings (SSSR count). The van der Waals surface area contributed by atoms with Gasteiger partial charge in [-0.15, -0.1) is 24.0 Å². The number of alkyl halides is 1. The van der Waals surface area contributed by atoms with Crippen LogP contribution in [0.2, 0.25) is 5.02 Å². The molecular formula is C15H10Cl3N3. The zero-order chi connectivity index (χ0) is 14.1. The molecule has 0 N–H and O–H groups in total. The van der Waals surface area contributed by atoms with Gasteiger partial charge in [-0.05, 0) is 24.3 Å². The molecule has 2 aromatic heterocycles. The van der Waals surface area contributed by atoms with Gasteiger partial charge in [-0.1, -0.05) is 23.7 Å². The Morgan fingerprint density at radius 2 is 1.86 bits per heavy atom. The van der Waals surface area contributed by atoms with Crippen molar-refractivity contribution in [2.75, 3.05) is 0 Å². The van der Waals surface area contributed by atoms with Crippen LogP contribution in [0.5, 0.6) is 0 Å². The van der Waals surface area contributed by atoms with E-state index in [0.717, 1.165) is 22.6 Å². The number of imidazole rings is 1. The molecule has 3 nitrogen and oxygen atoms in total. The van der Waals surface area contributed by atoms with E-state index in [0.29, 0.717) is 16.5 Å². The zero-order valence-electron chi connectivity index (χ0n) is 10.8. The minimum Gasteiger partial charge on any atom is -0.301 e. The quantitative estimate of drug-likeness (QED) is 0.636. The highest BCUT2D eigenvalue weighted by molar-refractivity contribution is 6.30. The van der Waals surface area contributed by atoms with Crippen molar-refractivity contribution < 1.29 is 0 Å². The summed E-state index contributed by atoms with van der Waals surface area (Å²) in [5.74, 6) is 0.330. The first-order chi connectivity index (χ1) is 9.72. The molecule has 1 aromatic carbocycles. The Bertz CT molecular complexity index is 817. The molecule has 0 fully saturated rings. The number of pyridine rings is 1. The Balaban J connectivity index is 0.00000161. The maximum Gasteiger partial charge on any atom is 0.137 e. The molecule has 106 valence electrons. The average Bonchev–Trinajstić information content (AvgIpc) is 2.85. The molecule has 0 saturated heterocycles. The van der Waals surface area contributed by atoms with E-state index in [4.69, 9.17) is 28.5 Å². The maximum atomic E-state index is 8.84. The lowest BCUT2D eigenvalue weighted by Gasteiger charge is -2.02. The normalized spacial score (nSPS) is 10.1.